The minimum absolute atomic E-state index is 0.0139. The third-order valence-corrected chi connectivity index (χ3v) is 2.81. The third-order valence-electron chi connectivity index (χ3n) is 2.81. The summed E-state index contributed by atoms with van der Waals surface area (Å²) < 4.78 is 4.84. The molecule has 2 aliphatic rings. The van der Waals surface area contributed by atoms with E-state index < -0.39 is 0 Å². The van der Waals surface area contributed by atoms with E-state index in [9.17, 15) is 9.59 Å². The first kappa shape index (κ1) is 7.77. The minimum Gasteiger partial charge on any atom is -0.465 e. The van der Waals surface area contributed by atoms with Gasteiger partial charge in [-0.25, -0.2) is 0 Å². The Morgan fingerprint density at radius 3 is 2.50 bits per heavy atom. The smallest absolute Gasteiger partial charge is 0.309 e. The molecule has 1 aliphatic carbocycles. The van der Waals surface area contributed by atoms with Crippen LogP contribution in [0.15, 0.2) is 0 Å². The minimum atomic E-state index is -0.157. The lowest BCUT2D eigenvalue weighted by Gasteiger charge is -2.11. The number of ether oxygens (including phenoxy) is 1. The number of hydrogen-bond acceptors (Lipinski definition) is 3. The van der Waals surface area contributed by atoms with E-state index >= 15 is 0 Å². The largest absolute Gasteiger partial charge is 0.465 e. The number of ketones is 1. The summed E-state index contributed by atoms with van der Waals surface area (Å²) in [4.78, 5) is 22.4. The van der Waals surface area contributed by atoms with Crippen LogP contribution in [-0.4, -0.2) is 18.4 Å². The van der Waals surface area contributed by atoms with Crippen molar-refractivity contribution in [1.82, 2.24) is 0 Å². The van der Waals surface area contributed by atoms with Gasteiger partial charge < -0.3 is 4.74 Å². The molecule has 0 N–H and O–H groups in total. The SMILES string of the molecule is O=C1CCC[C@@H]1[C@H]1CCOC1=O. The lowest BCUT2D eigenvalue weighted by molar-refractivity contribution is -0.144. The van der Waals surface area contributed by atoms with Crippen molar-refractivity contribution in [3.05, 3.63) is 0 Å². The number of Topliss-reactive ketones (excluding diaryl/α,β-unsaturated/α-hetero) is 1. The van der Waals surface area contributed by atoms with Crippen molar-refractivity contribution < 1.29 is 14.3 Å². The molecule has 1 saturated carbocycles. The highest BCUT2D eigenvalue weighted by Crippen LogP contribution is 2.33. The molecule has 2 fully saturated rings. The van der Waals surface area contributed by atoms with E-state index in [0.29, 0.717) is 13.0 Å². The van der Waals surface area contributed by atoms with Crippen molar-refractivity contribution in [1.29, 1.82) is 0 Å². The quantitative estimate of drug-likeness (QED) is 0.547. The molecule has 12 heavy (non-hydrogen) atoms. The van der Waals surface area contributed by atoms with E-state index in [1.165, 1.54) is 0 Å². The number of carbonyl (C=O) groups is 2. The highest BCUT2D eigenvalue weighted by Gasteiger charge is 2.39. The molecule has 0 aromatic rings. The van der Waals surface area contributed by atoms with E-state index in [4.69, 9.17) is 4.74 Å². The molecule has 1 saturated heterocycles. The Kier molecular flexibility index (Phi) is 1.87. The number of esters is 1. The van der Waals surface area contributed by atoms with Crippen LogP contribution in [0.1, 0.15) is 25.7 Å². The normalized spacial score (nSPS) is 35.7. The molecule has 1 aliphatic heterocycles. The molecule has 66 valence electrons. The zero-order chi connectivity index (χ0) is 8.55. The molecule has 0 amide bonds. The second-order valence-corrected chi connectivity index (χ2v) is 3.53. The van der Waals surface area contributed by atoms with Crippen LogP contribution in [0.5, 0.6) is 0 Å². The number of rotatable bonds is 1. The lowest BCUT2D eigenvalue weighted by atomic mass is 9.89. The molecular weight excluding hydrogens is 156 g/mol. The van der Waals surface area contributed by atoms with Gasteiger partial charge in [0, 0.05) is 12.3 Å². The van der Waals surface area contributed by atoms with Gasteiger partial charge in [-0.1, -0.05) is 0 Å². The summed E-state index contributed by atoms with van der Waals surface area (Å²) in [5.74, 6) is -0.0194. The molecule has 2 rings (SSSR count). The van der Waals surface area contributed by atoms with Crippen molar-refractivity contribution in [2.75, 3.05) is 6.61 Å². The van der Waals surface area contributed by atoms with Crippen LogP contribution in [-0.2, 0) is 14.3 Å². The zero-order valence-electron chi connectivity index (χ0n) is 6.91. The van der Waals surface area contributed by atoms with Gasteiger partial charge in [0.25, 0.3) is 0 Å². The Hall–Kier alpha value is -0.860. The van der Waals surface area contributed by atoms with Gasteiger partial charge in [-0.15, -0.1) is 0 Å². The molecule has 3 nitrogen and oxygen atoms in total. The maximum atomic E-state index is 11.3. The van der Waals surface area contributed by atoms with Crippen molar-refractivity contribution >= 4 is 11.8 Å². The summed E-state index contributed by atoms with van der Waals surface area (Å²) in [6.07, 6.45) is 3.25. The van der Waals surface area contributed by atoms with Crippen LogP contribution in [0.2, 0.25) is 0 Å². The van der Waals surface area contributed by atoms with Gasteiger partial charge in [0.2, 0.25) is 0 Å². The Labute approximate surface area is 71.1 Å². The summed E-state index contributed by atoms with van der Waals surface area (Å²) in [5, 5.41) is 0. The molecular formula is C9H12O3. The highest BCUT2D eigenvalue weighted by molar-refractivity contribution is 5.88. The Morgan fingerprint density at radius 2 is 2.00 bits per heavy atom. The van der Waals surface area contributed by atoms with Crippen LogP contribution < -0.4 is 0 Å². The lowest BCUT2D eigenvalue weighted by Crippen LogP contribution is -2.22. The van der Waals surface area contributed by atoms with Gasteiger partial charge in [-0.05, 0) is 19.3 Å². The number of cyclic esters (lactones) is 1. The van der Waals surface area contributed by atoms with E-state index in [2.05, 4.69) is 0 Å². The van der Waals surface area contributed by atoms with Crippen LogP contribution in [0.3, 0.4) is 0 Å². The van der Waals surface area contributed by atoms with Gasteiger partial charge in [-0.3, -0.25) is 9.59 Å². The van der Waals surface area contributed by atoms with E-state index in [1.807, 2.05) is 0 Å². The van der Waals surface area contributed by atoms with Gasteiger partial charge in [0.1, 0.15) is 5.78 Å². The average Bonchev–Trinajstić information content (AvgIpc) is 2.59. The maximum Gasteiger partial charge on any atom is 0.309 e. The second kappa shape index (κ2) is 2.88. The summed E-state index contributed by atoms with van der Waals surface area (Å²) in [6, 6.07) is 0. The Morgan fingerprint density at radius 1 is 1.17 bits per heavy atom. The molecule has 1 heterocycles. The highest BCUT2D eigenvalue weighted by atomic mass is 16.5. The van der Waals surface area contributed by atoms with Crippen LogP contribution in [0.4, 0.5) is 0 Å². The topological polar surface area (TPSA) is 43.4 Å². The van der Waals surface area contributed by atoms with Gasteiger partial charge in [-0.2, -0.15) is 0 Å². The van der Waals surface area contributed by atoms with Crippen LogP contribution in [0.25, 0.3) is 0 Å². The Balaban J connectivity index is 2.08. The monoisotopic (exact) mass is 168 g/mol. The molecule has 2 atom stereocenters. The number of carbonyl (C=O) groups excluding carboxylic acids is 2. The van der Waals surface area contributed by atoms with Crippen molar-refractivity contribution in [2.24, 2.45) is 11.8 Å². The second-order valence-electron chi connectivity index (χ2n) is 3.53. The van der Waals surface area contributed by atoms with Crippen LogP contribution in [0, 0.1) is 11.8 Å². The fourth-order valence-electron chi connectivity index (χ4n) is 2.14. The molecule has 0 radical (unpaired) electrons. The fraction of sp³-hybridized carbons (Fsp3) is 0.778. The molecule has 0 bridgehead atoms. The van der Waals surface area contributed by atoms with Crippen molar-refractivity contribution in [2.45, 2.75) is 25.7 Å². The predicted octanol–water partition coefficient (Wildman–Crippen LogP) is 0.919. The van der Waals surface area contributed by atoms with E-state index in [0.717, 1.165) is 19.3 Å². The summed E-state index contributed by atoms with van der Waals surface area (Å²) >= 11 is 0. The van der Waals surface area contributed by atoms with Gasteiger partial charge in [0.15, 0.2) is 0 Å². The predicted molar refractivity (Wildman–Crippen MR) is 41.4 cm³/mol. The van der Waals surface area contributed by atoms with Crippen molar-refractivity contribution in [3.63, 3.8) is 0 Å². The first-order valence-corrected chi connectivity index (χ1v) is 4.48. The average molecular weight is 168 g/mol. The van der Waals surface area contributed by atoms with E-state index in [-0.39, 0.29) is 23.6 Å². The third kappa shape index (κ3) is 1.13. The summed E-state index contributed by atoms with van der Waals surface area (Å²) in [7, 11) is 0. The van der Waals surface area contributed by atoms with Gasteiger partial charge >= 0.3 is 5.97 Å². The van der Waals surface area contributed by atoms with Crippen molar-refractivity contribution in [3.8, 4) is 0 Å². The molecule has 0 aromatic carbocycles. The fourth-order valence-corrected chi connectivity index (χ4v) is 2.14. The summed E-state index contributed by atoms with van der Waals surface area (Å²) in [6.45, 7) is 0.507. The molecule has 0 spiro atoms. The van der Waals surface area contributed by atoms with E-state index in [1.54, 1.807) is 0 Å². The molecule has 0 unspecified atom stereocenters. The van der Waals surface area contributed by atoms with Gasteiger partial charge in [0.05, 0.1) is 12.5 Å². The Bertz CT molecular complexity index is 198. The number of hydrogen-bond donors (Lipinski definition) is 0. The standard InChI is InChI=1S/C9H12O3/c10-8-3-1-2-6(8)7-4-5-12-9(7)11/h6-7H,1-5H2/t6-,7-/m1/s1. The summed E-state index contributed by atoms with van der Waals surface area (Å²) in [5.41, 5.74) is 0. The molecule has 0 aromatic heterocycles. The maximum absolute atomic E-state index is 11.3. The first-order chi connectivity index (χ1) is 5.79. The van der Waals surface area contributed by atoms with Crippen LogP contribution >= 0.6 is 0 Å². The molecule has 3 heteroatoms. The first-order valence-electron chi connectivity index (χ1n) is 4.48. The zero-order valence-corrected chi connectivity index (χ0v) is 6.91.